The number of likely N-dealkylation sites (tertiary alicyclic amines) is 1. The Balaban J connectivity index is 1.34. The molecule has 0 aliphatic carbocycles. The number of nitrogens with zero attached hydrogens (tertiary/aromatic N) is 5. The molecular formula is C19H23N7O. The third-order valence-corrected chi connectivity index (χ3v) is 4.52. The van der Waals surface area contributed by atoms with E-state index < -0.39 is 0 Å². The van der Waals surface area contributed by atoms with Gasteiger partial charge in [-0.15, -0.1) is 5.10 Å². The lowest BCUT2D eigenvalue weighted by Crippen LogP contribution is -2.25. The smallest absolute Gasteiger partial charge is 0.248 e. The molecule has 0 spiro atoms. The van der Waals surface area contributed by atoms with E-state index in [0.717, 1.165) is 23.7 Å². The molecule has 4 rings (SSSR count). The van der Waals surface area contributed by atoms with Gasteiger partial charge in [-0.2, -0.15) is 9.67 Å². The molecule has 3 N–H and O–H groups in total. The SMILES string of the molecule is Nc1nc(Nc2ccc(OCCN3CCCC3)cc2)nn1-c1ccncc1. The number of rotatable bonds is 7. The zero-order valence-electron chi connectivity index (χ0n) is 15.1. The molecule has 140 valence electrons. The molecule has 1 aliphatic rings. The van der Waals surface area contributed by atoms with Gasteiger partial charge in [0.1, 0.15) is 12.4 Å². The second-order valence-corrected chi connectivity index (χ2v) is 6.46. The summed E-state index contributed by atoms with van der Waals surface area (Å²) < 4.78 is 7.39. The van der Waals surface area contributed by atoms with E-state index in [1.54, 1.807) is 17.1 Å². The Kier molecular flexibility index (Phi) is 5.15. The lowest BCUT2D eigenvalue weighted by molar-refractivity contribution is 0.238. The van der Waals surface area contributed by atoms with Gasteiger partial charge in [-0.3, -0.25) is 9.88 Å². The van der Waals surface area contributed by atoms with Crippen molar-refractivity contribution >= 4 is 17.6 Å². The fourth-order valence-corrected chi connectivity index (χ4v) is 3.11. The molecule has 1 aromatic carbocycles. The maximum absolute atomic E-state index is 5.96. The fraction of sp³-hybridized carbons (Fsp3) is 0.316. The molecule has 0 saturated carbocycles. The monoisotopic (exact) mass is 365 g/mol. The molecule has 2 aromatic heterocycles. The fourth-order valence-electron chi connectivity index (χ4n) is 3.11. The normalized spacial score (nSPS) is 14.4. The Morgan fingerprint density at radius 3 is 2.52 bits per heavy atom. The number of hydrogen-bond acceptors (Lipinski definition) is 7. The van der Waals surface area contributed by atoms with Crippen molar-refractivity contribution in [1.82, 2.24) is 24.6 Å². The van der Waals surface area contributed by atoms with Crippen LogP contribution in [0, 0.1) is 0 Å². The summed E-state index contributed by atoms with van der Waals surface area (Å²) in [6, 6.07) is 11.4. The molecule has 8 heteroatoms. The van der Waals surface area contributed by atoms with E-state index in [1.165, 1.54) is 25.9 Å². The number of ether oxygens (including phenoxy) is 1. The van der Waals surface area contributed by atoms with Gasteiger partial charge < -0.3 is 15.8 Å². The second-order valence-electron chi connectivity index (χ2n) is 6.46. The number of anilines is 3. The molecular weight excluding hydrogens is 342 g/mol. The molecule has 0 unspecified atom stereocenters. The third-order valence-electron chi connectivity index (χ3n) is 4.52. The van der Waals surface area contributed by atoms with Crippen LogP contribution in [0.15, 0.2) is 48.8 Å². The Bertz CT molecular complexity index is 858. The van der Waals surface area contributed by atoms with Gasteiger partial charge in [-0.1, -0.05) is 0 Å². The number of aromatic nitrogens is 4. The molecule has 1 aliphatic heterocycles. The minimum Gasteiger partial charge on any atom is -0.492 e. The minimum absolute atomic E-state index is 0.311. The van der Waals surface area contributed by atoms with E-state index in [1.807, 2.05) is 36.4 Å². The van der Waals surface area contributed by atoms with E-state index in [2.05, 4.69) is 25.3 Å². The van der Waals surface area contributed by atoms with Crippen molar-refractivity contribution < 1.29 is 4.74 Å². The third kappa shape index (κ3) is 4.35. The summed E-state index contributed by atoms with van der Waals surface area (Å²) in [5, 5.41) is 7.56. The van der Waals surface area contributed by atoms with Gasteiger partial charge in [0.05, 0.1) is 5.69 Å². The van der Waals surface area contributed by atoms with Crippen LogP contribution in [0.5, 0.6) is 5.75 Å². The van der Waals surface area contributed by atoms with E-state index in [0.29, 0.717) is 18.5 Å². The molecule has 3 heterocycles. The maximum atomic E-state index is 5.96. The van der Waals surface area contributed by atoms with Crippen LogP contribution in [0.2, 0.25) is 0 Å². The number of nitrogens with two attached hydrogens (primary N) is 1. The Hall–Kier alpha value is -3.13. The van der Waals surface area contributed by atoms with Gasteiger partial charge in [0, 0.05) is 24.6 Å². The summed E-state index contributed by atoms with van der Waals surface area (Å²) in [7, 11) is 0. The maximum Gasteiger partial charge on any atom is 0.248 e. The van der Waals surface area contributed by atoms with Crippen LogP contribution in [-0.2, 0) is 0 Å². The van der Waals surface area contributed by atoms with Crippen molar-refractivity contribution in [3.8, 4) is 11.4 Å². The summed E-state index contributed by atoms with van der Waals surface area (Å²) in [6.45, 7) is 4.07. The largest absolute Gasteiger partial charge is 0.492 e. The summed E-state index contributed by atoms with van der Waals surface area (Å²) >= 11 is 0. The van der Waals surface area contributed by atoms with Crippen LogP contribution in [0.4, 0.5) is 17.6 Å². The zero-order valence-corrected chi connectivity index (χ0v) is 15.1. The van der Waals surface area contributed by atoms with Gasteiger partial charge in [0.15, 0.2) is 0 Å². The predicted octanol–water partition coefficient (Wildman–Crippen LogP) is 2.46. The molecule has 0 bridgehead atoms. The van der Waals surface area contributed by atoms with Gasteiger partial charge in [0.25, 0.3) is 0 Å². The van der Waals surface area contributed by atoms with Crippen LogP contribution in [-0.4, -0.2) is 50.9 Å². The first-order valence-corrected chi connectivity index (χ1v) is 9.13. The molecule has 8 nitrogen and oxygen atoms in total. The average Bonchev–Trinajstić information content (AvgIpc) is 3.34. The van der Waals surface area contributed by atoms with E-state index in [4.69, 9.17) is 10.5 Å². The first-order valence-electron chi connectivity index (χ1n) is 9.13. The number of nitrogens with one attached hydrogen (secondary N) is 1. The highest BCUT2D eigenvalue weighted by molar-refractivity contribution is 5.56. The van der Waals surface area contributed by atoms with Crippen molar-refractivity contribution in [2.24, 2.45) is 0 Å². The minimum atomic E-state index is 0.311. The van der Waals surface area contributed by atoms with Crippen LogP contribution in [0.25, 0.3) is 5.69 Å². The highest BCUT2D eigenvalue weighted by Gasteiger charge is 2.11. The Morgan fingerprint density at radius 1 is 1.04 bits per heavy atom. The van der Waals surface area contributed by atoms with E-state index in [-0.39, 0.29) is 0 Å². The van der Waals surface area contributed by atoms with Gasteiger partial charge in [-0.05, 0) is 62.3 Å². The van der Waals surface area contributed by atoms with E-state index in [9.17, 15) is 0 Å². The number of pyridine rings is 1. The van der Waals surface area contributed by atoms with Crippen molar-refractivity contribution in [3.05, 3.63) is 48.8 Å². The first-order chi connectivity index (χ1) is 13.3. The Morgan fingerprint density at radius 2 is 1.78 bits per heavy atom. The van der Waals surface area contributed by atoms with Crippen LogP contribution < -0.4 is 15.8 Å². The number of nitrogen functional groups attached to an aromatic ring is 1. The lowest BCUT2D eigenvalue weighted by atomic mass is 10.3. The topological polar surface area (TPSA) is 94.1 Å². The Labute approximate surface area is 158 Å². The van der Waals surface area contributed by atoms with Gasteiger partial charge >= 0.3 is 0 Å². The van der Waals surface area contributed by atoms with Gasteiger partial charge in [-0.25, -0.2) is 0 Å². The standard InChI is InChI=1S/C19H23N7O/c20-18-23-19(24-26(18)16-7-9-21-10-8-16)22-15-3-5-17(6-4-15)27-14-13-25-11-1-2-12-25/h3-10H,1-2,11-14H2,(H3,20,22,23,24). The highest BCUT2D eigenvalue weighted by Crippen LogP contribution is 2.20. The van der Waals surface area contributed by atoms with E-state index >= 15 is 0 Å². The summed E-state index contributed by atoms with van der Waals surface area (Å²) in [6.07, 6.45) is 5.98. The molecule has 1 saturated heterocycles. The molecule has 0 amide bonds. The van der Waals surface area contributed by atoms with Gasteiger partial charge in [0.2, 0.25) is 11.9 Å². The zero-order chi connectivity index (χ0) is 18.5. The first kappa shape index (κ1) is 17.3. The molecule has 27 heavy (non-hydrogen) atoms. The van der Waals surface area contributed by atoms with Crippen molar-refractivity contribution in [2.75, 3.05) is 37.3 Å². The van der Waals surface area contributed by atoms with Crippen molar-refractivity contribution in [3.63, 3.8) is 0 Å². The van der Waals surface area contributed by atoms with Crippen molar-refractivity contribution in [1.29, 1.82) is 0 Å². The predicted molar refractivity (Wildman–Crippen MR) is 104 cm³/mol. The number of hydrogen-bond donors (Lipinski definition) is 2. The summed E-state index contributed by atoms with van der Waals surface area (Å²) in [4.78, 5) is 10.7. The quantitative estimate of drug-likeness (QED) is 0.664. The van der Waals surface area contributed by atoms with Crippen LogP contribution >= 0.6 is 0 Å². The summed E-state index contributed by atoms with van der Waals surface area (Å²) in [5.74, 6) is 1.60. The molecule has 3 aromatic rings. The highest BCUT2D eigenvalue weighted by atomic mass is 16.5. The molecule has 0 radical (unpaired) electrons. The van der Waals surface area contributed by atoms with Crippen LogP contribution in [0.1, 0.15) is 12.8 Å². The summed E-state index contributed by atoms with van der Waals surface area (Å²) in [5.41, 5.74) is 7.64. The molecule has 0 atom stereocenters. The number of benzene rings is 1. The lowest BCUT2D eigenvalue weighted by Gasteiger charge is -2.15. The van der Waals surface area contributed by atoms with Crippen molar-refractivity contribution in [2.45, 2.75) is 12.8 Å². The average molecular weight is 365 g/mol. The van der Waals surface area contributed by atoms with Crippen LogP contribution in [0.3, 0.4) is 0 Å². The molecule has 1 fully saturated rings. The second kappa shape index (κ2) is 8.05.